The summed E-state index contributed by atoms with van der Waals surface area (Å²) in [7, 11) is -4.38. The molecule has 0 bridgehead atoms. The highest BCUT2D eigenvalue weighted by Gasteiger charge is 2.28. The summed E-state index contributed by atoms with van der Waals surface area (Å²) < 4.78 is 36.0. The average molecular weight is 304 g/mol. The molecule has 0 saturated heterocycles. The quantitative estimate of drug-likeness (QED) is 0.584. The Morgan fingerprint density at radius 3 is 2.19 bits per heavy atom. The van der Waals surface area contributed by atoms with E-state index in [4.69, 9.17) is 4.55 Å². The van der Waals surface area contributed by atoms with Crippen molar-refractivity contribution in [2.45, 2.75) is 4.90 Å². The highest BCUT2D eigenvalue weighted by molar-refractivity contribution is 7.85. The molecule has 0 heterocycles. The van der Waals surface area contributed by atoms with Crippen molar-refractivity contribution in [3.8, 4) is 16.9 Å². The smallest absolute Gasteiger partial charge is 0.298 e. The number of carbonyl (C=O) groups excluding carboxylic acids is 2. The SMILES string of the molecule is O=COc1ccc2c(c1)C(=O)c1cc(S(=O)(=O)O)ccc1-2. The zero-order valence-corrected chi connectivity index (χ0v) is 11.3. The third-order valence-electron chi connectivity index (χ3n) is 3.24. The zero-order chi connectivity index (χ0) is 15.2. The maximum Gasteiger partial charge on any atom is 0.298 e. The molecule has 2 aromatic rings. The van der Waals surface area contributed by atoms with Gasteiger partial charge in [-0.15, -0.1) is 0 Å². The summed E-state index contributed by atoms with van der Waals surface area (Å²) in [6.07, 6.45) is 0. The molecule has 0 atom stereocenters. The molecule has 1 aliphatic carbocycles. The molecule has 0 fully saturated rings. The van der Waals surface area contributed by atoms with Crippen LogP contribution in [0, 0.1) is 0 Å². The molecular formula is C14H8O6S. The molecule has 3 rings (SSSR count). The summed E-state index contributed by atoms with van der Waals surface area (Å²) in [5.74, 6) is -0.165. The van der Waals surface area contributed by atoms with Crippen LogP contribution in [0.2, 0.25) is 0 Å². The van der Waals surface area contributed by atoms with Gasteiger partial charge in [0.1, 0.15) is 5.75 Å². The third kappa shape index (κ3) is 2.12. The lowest BCUT2D eigenvalue weighted by Crippen LogP contribution is -2.01. The van der Waals surface area contributed by atoms with Gasteiger partial charge in [-0.3, -0.25) is 14.1 Å². The van der Waals surface area contributed by atoms with Crippen molar-refractivity contribution in [2.75, 3.05) is 0 Å². The normalized spacial score (nSPS) is 12.7. The monoisotopic (exact) mass is 304 g/mol. The van der Waals surface area contributed by atoms with Gasteiger partial charge in [0.15, 0.2) is 5.78 Å². The Bertz CT molecular complexity index is 882. The minimum Gasteiger partial charge on any atom is -0.429 e. The van der Waals surface area contributed by atoms with Gasteiger partial charge in [-0.1, -0.05) is 6.07 Å². The molecule has 7 heteroatoms. The van der Waals surface area contributed by atoms with E-state index >= 15 is 0 Å². The molecule has 106 valence electrons. The topological polar surface area (TPSA) is 97.7 Å². The third-order valence-corrected chi connectivity index (χ3v) is 4.09. The summed E-state index contributed by atoms with van der Waals surface area (Å²) >= 11 is 0. The number of hydrogen-bond donors (Lipinski definition) is 1. The number of carbonyl (C=O) groups is 2. The van der Waals surface area contributed by atoms with Crippen LogP contribution in [0.1, 0.15) is 15.9 Å². The van der Waals surface area contributed by atoms with E-state index in [-0.39, 0.29) is 28.5 Å². The van der Waals surface area contributed by atoms with Gasteiger partial charge in [0.25, 0.3) is 16.6 Å². The Balaban J connectivity index is 2.18. The van der Waals surface area contributed by atoms with E-state index in [2.05, 4.69) is 4.74 Å². The summed E-state index contributed by atoms with van der Waals surface area (Å²) in [6, 6.07) is 8.39. The second-order valence-electron chi connectivity index (χ2n) is 4.43. The number of benzene rings is 2. The lowest BCUT2D eigenvalue weighted by atomic mass is 10.1. The van der Waals surface area contributed by atoms with Crippen LogP contribution in [0.3, 0.4) is 0 Å². The van der Waals surface area contributed by atoms with Gasteiger partial charge < -0.3 is 4.74 Å². The van der Waals surface area contributed by atoms with Crippen molar-refractivity contribution in [3.05, 3.63) is 47.5 Å². The van der Waals surface area contributed by atoms with Gasteiger partial charge in [-0.2, -0.15) is 8.42 Å². The van der Waals surface area contributed by atoms with Crippen molar-refractivity contribution in [2.24, 2.45) is 0 Å². The van der Waals surface area contributed by atoms with Gasteiger partial charge in [0.2, 0.25) is 0 Å². The first-order valence-corrected chi connectivity index (χ1v) is 7.27. The molecule has 0 aromatic heterocycles. The van der Waals surface area contributed by atoms with Crippen LogP contribution in [0.4, 0.5) is 0 Å². The molecule has 0 radical (unpaired) electrons. The van der Waals surface area contributed by atoms with E-state index in [1.54, 1.807) is 6.07 Å². The molecule has 0 spiro atoms. The maximum absolute atomic E-state index is 12.3. The summed E-state index contributed by atoms with van der Waals surface area (Å²) in [5, 5.41) is 0. The number of fused-ring (bicyclic) bond motifs is 3. The molecule has 21 heavy (non-hydrogen) atoms. The number of ketones is 1. The van der Waals surface area contributed by atoms with E-state index < -0.39 is 10.1 Å². The predicted molar refractivity (Wildman–Crippen MR) is 71.8 cm³/mol. The molecule has 0 unspecified atom stereocenters. The summed E-state index contributed by atoms with van der Waals surface area (Å²) in [6.45, 7) is 0.255. The fourth-order valence-electron chi connectivity index (χ4n) is 2.33. The highest BCUT2D eigenvalue weighted by atomic mass is 32.2. The summed E-state index contributed by atoms with van der Waals surface area (Å²) in [5.41, 5.74) is 1.69. The minimum absolute atomic E-state index is 0.184. The Labute approximate surface area is 119 Å². The molecule has 6 nitrogen and oxygen atoms in total. The van der Waals surface area contributed by atoms with E-state index in [0.717, 1.165) is 6.07 Å². The first-order valence-electron chi connectivity index (χ1n) is 5.83. The van der Waals surface area contributed by atoms with Crippen molar-refractivity contribution in [1.29, 1.82) is 0 Å². The van der Waals surface area contributed by atoms with Crippen LogP contribution < -0.4 is 4.74 Å². The van der Waals surface area contributed by atoms with E-state index in [1.807, 2.05) is 0 Å². The van der Waals surface area contributed by atoms with Crippen molar-refractivity contribution >= 4 is 22.4 Å². The lowest BCUT2D eigenvalue weighted by molar-refractivity contribution is -0.120. The van der Waals surface area contributed by atoms with Crippen LogP contribution >= 0.6 is 0 Å². The Hall–Kier alpha value is -2.51. The Morgan fingerprint density at radius 2 is 1.57 bits per heavy atom. The van der Waals surface area contributed by atoms with Crippen LogP contribution in [0.15, 0.2) is 41.3 Å². The standard InChI is InChI=1S/C14H8O6S/c15-7-20-8-1-3-10-11-4-2-9(21(17,18)19)6-13(11)14(16)12(10)5-8/h1-7H,(H,17,18,19). The number of hydrogen-bond acceptors (Lipinski definition) is 5. The first kappa shape index (κ1) is 13.5. The molecule has 1 N–H and O–H groups in total. The first-order chi connectivity index (χ1) is 9.91. The Morgan fingerprint density at radius 1 is 0.952 bits per heavy atom. The van der Waals surface area contributed by atoms with Gasteiger partial charge in [-0.25, -0.2) is 0 Å². The number of rotatable bonds is 3. The maximum atomic E-state index is 12.3. The zero-order valence-electron chi connectivity index (χ0n) is 10.4. The second-order valence-corrected chi connectivity index (χ2v) is 5.85. The van der Waals surface area contributed by atoms with Gasteiger partial charge >= 0.3 is 0 Å². The van der Waals surface area contributed by atoms with Crippen molar-refractivity contribution < 1.29 is 27.3 Å². The van der Waals surface area contributed by atoms with Gasteiger partial charge in [-0.05, 0) is 41.5 Å². The van der Waals surface area contributed by atoms with Crippen LogP contribution in [0.5, 0.6) is 5.75 Å². The molecule has 0 aliphatic heterocycles. The van der Waals surface area contributed by atoms with Crippen LogP contribution in [-0.4, -0.2) is 25.2 Å². The van der Waals surface area contributed by atoms with E-state index in [9.17, 15) is 18.0 Å². The Kier molecular flexibility index (Phi) is 2.89. The predicted octanol–water partition coefficient (Wildman–Crippen LogP) is 1.68. The fourth-order valence-corrected chi connectivity index (χ4v) is 2.83. The molecular weight excluding hydrogens is 296 g/mol. The van der Waals surface area contributed by atoms with E-state index in [1.165, 1.54) is 24.3 Å². The highest BCUT2D eigenvalue weighted by Crippen LogP contribution is 2.39. The van der Waals surface area contributed by atoms with Gasteiger partial charge in [0.05, 0.1) is 4.90 Å². The van der Waals surface area contributed by atoms with E-state index in [0.29, 0.717) is 16.7 Å². The largest absolute Gasteiger partial charge is 0.429 e. The molecule has 1 aliphatic rings. The average Bonchev–Trinajstić information content (AvgIpc) is 2.71. The number of ether oxygens (including phenoxy) is 1. The lowest BCUT2D eigenvalue weighted by Gasteiger charge is -2.02. The summed E-state index contributed by atoms with van der Waals surface area (Å²) in [4.78, 5) is 22.3. The molecule has 0 saturated carbocycles. The van der Waals surface area contributed by atoms with Crippen LogP contribution in [0.25, 0.3) is 11.1 Å². The molecule has 0 amide bonds. The van der Waals surface area contributed by atoms with Crippen molar-refractivity contribution in [1.82, 2.24) is 0 Å². The molecule has 2 aromatic carbocycles. The van der Waals surface area contributed by atoms with Crippen molar-refractivity contribution in [3.63, 3.8) is 0 Å². The second kappa shape index (κ2) is 4.51. The van der Waals surface area contributed by atoms with Gasteiger partial charge in [0, 0.05) is 11.1 Å². The minimum atomic E-state index is -4.38. The fraction of sp³-hybridized carbons (Fsp3) is 0. The van der Waals surface area contributed by atoms with Crippen LogP contribution in [-0.2, 0) is 14.9 Å².